The highest BCUT2D eigenvalue weighted by Gasteiger charge is 2.50. The van der Waals surface area contributed by atoms with Gasteiger partial charge >= 0.3 is 5.97 Å². The van der Waals surface area contributed by atoms with Crippen LogP contribution < -0.4 is 0 Å². The van der Waals surface area contributed by atoms with Crippen LogP contribution in [0.5, 0.6) is 11.5 Å². The Morgan fingerprint density at radius 3 is 1.18 bits per heavy atom. The van der Waals surface area contributed by atoms with Gasteiger partial charge in [-0.1, -0.05) is 107 Å². The third-order valence-corrected chi connectivity index (χ3v) is 11.2. The van der Waals surface area contributed by atoms with Crippen molar-refractivity contribution in [2.75, 3.05) is 7.05 Å². The lowest BCUT2D eigenvalue weighted by Crippen LogP contribution is -2.61. The summed E-state index contributed by atoms with van der Waals surface area (Å²) in [5.41, 5.74) is 1.19. The molecule has 0 saturated carbocycles. The number of piperidine rings is 1. The van der Waals surface area contributed by atoms with E-state index in [0.717, 1.165) is 33.4 Å². The molecule has 0 unspecified atom stereocenters. The maximum Gasteiger partial charge on any atom is 0.320 e. The molecule has 1 heterocycles. The van der Waals surface area contributed by atoms with E-state index in [1.54, 1.807) is 0 Å². The molecule has 0 aromatic heterocycles. The number of rotatable bonds is 7. The van der Waals surface area contributed by atoms with Crippen LogP contribution in [0.4, 0.5) is 0 Å². The van der Waals surface area contributed by atoms with Gasteiger partial charge in [0.1, 0.15) is 28.8 Å². The average molecular weight is 692 g/mol. The molecule has 1 aliphatic rings. The van der Waals surface area contributed by atoms with Crippen LogP contribution in [0.2, 0.25) is 0 Å². The molecule has 50 heavy (non-hydrogen) atoms. The molecule has 0 amide bonds. The summed E-state index contributed by atoms with van der Waals surface area (Å²) in [7, 11) is 2.12. The second-order valence-electron chi connectivity index (χ2n) is 20.7. The lowest BCUT2D eigenvalue weighted by atomic mass is 9.70. The zero-order valence-corrected chi connectivity index (χ0v) is 34.8. The smallest absolute Gasteiger partial charge is 0.320 e. The number of ketones is 1. The first-order chi connectivity index (χ1) is 22.2. The van der Waals surface area contributed by atoms with E-state index in [9.17, 15) is 19.8 Å². The van der Waals surface area contributed by atoms with E-state index in [2.05, 4.69) is 123 Å². The zero-order chi connectivity index (χ0) is 38.8. The SMILES string of the molecule is CC(=O)C(Cc1cc(C(C)(C)C)c(O)c(C(C)(C)C)c1)(Cc1cc(C(C)(C)C)c(O)c(C(C)(C)C)c1)C(=O)OC1CC(C)(C)N(C)C(C)(C)C1. The fourth-order valence-corrected chi connectivity index (χ4v) is 7.80. The molecule has 2 aromatic carbocycles. The van der Waals surface area contributed by atoms with Crippen LogP contribution in [0.15, 0.2) is 24.3 Å². The van der Waals surface area contributed by atoms with Gasteiger partial charge in [0.2, 0.25) is 0 Å². The van der Waals surface area contributed by atoms with Crippen molar-refractivity contribution in [2.45, 2.75) is 182 Å². The third kappa shape index (κ3) is 8.60. The number of benzene rings is 2. The molecule has 1 aliphatic heterocycles. The summed E-state index contributed by atoms with van der Waals surface area (Å²) in [6, 6.07) is 7.87. The Balaban J connectivity index is 2.35. The van der Waals surface area contributed by atoms with Crippen LogP contribution >= 0.6 is 0 Å². The zero-order valence-electron chi connectivity index (χ0n) is 34.8. The first kappa shape index (κ1) is 41.6. The Morgan fingerprint density at radius 1 is 0.660 bits per heavy atom. The molecule has 280 valence electrons. The van der Waals surface area contributed by atoms with Crippen LogP contribution in [0.25, 0.3) is 0 Å². The third-order valence-electron chi connectivity index (χ3n) is 11.2. The first-order valence-corrected chi connectivity index (χ1v) is 18.4. The van der Waals surface area contributed by atoms with Gasteiger partial charge in [-0.05, 0) is 110 Å². The standard InChI is InChI=1S/C44H69NO5/c1-27(46)44(37(49)50-30-25-42(14,15)45(18)43(16,17)26-30,23-28-19-31(38(2,3)4)35(47)32(20-28)39(5,6)7)24-29-21-33(40(8,9)10)36(48)34(22-29)41(11,12)13/h19-22,30,47-48H,23-26H2,1-18H3. The molecule has 2 N–H and O–H groups in total. The van der Waals surface area contributed by atoms with Gasteiger partial charge in [-0.25, -0.2) is 0 Å². The summed E-state index contributed by atoms with van der Waals surface area (Å²) < 4.78 is 6.53. The molecule has 1 fully saturated rings. The van der Waals surface area contributed by atoms with Crippen LogP contribution in [-0.4, -0.2) is 51.1 Å². The number of phenols is 2. The largest absolute Gasteiger partial charge is 0.507 e. The van der Waals surface area contributed by atoms with Gasteiger partial charge in [0.15, 0.2) is 0 Å². The highest BCUT2D eigenvalue weighted by Crippen LogP contribution is 2.45. The normalized spacial score (nSPS) is 17.9. The predicted octanol–water partition coefficient (Wildman–Crippen LogP) is 9.84. The quantitative estimate of drug-likeness (QED) is 0.222. The number of Topliss-reactive ketones (excluding diaryl/α,β-unsaturated/α-hetero) is 1. The molecule has 0 bridgehead atoms. The Morgan fingerprint density at radius 2 is 0.940 bits per heavy atom. The second kappa shape index (κ2) is 13.3. The summed E-state index contributed by atoms with van der Waals surface area (Å²) in [5, 5.41) is 23.1. The molecule has 0 radical (unpaired) electrons. The minimum Gasteiger partial charge on any atom is -0.507 e. The van der Waals surface area contributed by atoms with Crippen LogP contribution in [-0.2, 0) is 48.8 Å². The maximum atomic E-state index is 15.0. The van der Waals surface area contributed by atoms with E-state index < -0.39 is 11.4 Å². The molecular formula is C44H69NO5. The molecule has 0 aliphatic carbocycles. The number of phenolic OH excluding ortho intramolecular Hbond substituents is 2. The first-order valence-electron chi connectivity index (χ1n) is 18.4. The van der Waals surface area contributed by atoms with E-state index >= 15 is 0 Å². The van der Waals surface area contributed by atoms with Crippen molar-refractivity contribution < 1.29 is 24.5 Å². The number of carbonyl (C=O) groups excluding carboxylic acids is 2. The van der Waals surface area contributed by atoms with Crippen LogP contribution in [0.3, 0.4) is 0 Å². The predicted molar refractivity (Wildman–Crippen MR) is 207 cm³/mol. The fraction of sp³-hybridized carbons (Fsp3) is 0.682. The highest BCUT2D eigenvalue weighted by atomic mass is 16.5. The fourth-order valence-electron chi connectivity index (χ4n) is 7.80. The lowest BCUT2D eigenvalue weighted by molar-refractivity contribution is -0.173. The molecule has 0 spiro atoms. The Bertz CT molecular complexity index is 1430. The molecule has 0 atom stereocenters. The topological polar surface area (TPSA) is 87.1 Å². The minimum atomic E-state index is -1.56. The molecule has 6 nitrogen and oxygen atoms in total. The molecule has 3 rings (SSSR count). The number of esters is 1. The summed E-state index contributed by atoms with van der Waals surface area (Å²) >= 11 is 0. The molecule has 2 aromatic rings. The molecule has 1 saturated heterocycles. The van der Waals surface area contributed by atoms with Gasteiger partial charge in [0.05, 0.1) is 0 Å². The summed E-state index contributed by atoms with van der Waals surface area (Å²) in [5.74, 6) is -0.275. The van der Waals surface area contributed by atoms with Crippen molar-refractivity contribution in [3.05, 3.63) is 57.6 Å². The van der Waals surface area contributed by atoms with Gasteiger partial charge in [-0.15, -0.1) is 0 Å². The maximum absolute atomic E-state index is 15.0. The highest BCUT2D eigenvalue weighted by molar-refractivity contribution is 6.03. The number of hydrogen-bond acceptors (Lipinski definition) is 6. The number of hydrogen-bond donors (Lipinski definition) is 2. The van der Waals surface area contributed by atoms with Gasteiger partial charge in [0, 0.05) is 23.9 Å². The Hall–Kier alpha value is -2.86. The van der Waals surface area contributed by atoms with Gasteiger partial charge in [-0.2, -0.15) is 0 Å². The molecular weight excluding hydrogens is 622 g/mol. The number of carbonyl (C=O) groups is 2. The van der Waals surface area contributed by atoms with Gasteiger partial charge < -0.3 is 14.9 Å². The summed E-state index contributed by atoms with van der Waals surface area (Å²) in [4.78, 5) is 31.7. The number of nitrogens with zero attached hydrogens (tertiary/aromatic N) is 1. The van der Waals surface area contributed by atoms with E-state index in [0.29, 0.717) is 12.8 Å². The van der Waals surface area contributed by atoms with Crippen molar-refractivity contribution >= 4 is 11.8 Å². The number of likely N-dealkylation sites (tertiary alicyclic amines) is 1. The minimum absolute atomic E-state index is 0.115. The summed E-state index contributed by atoms with van der Waals surface area (Å²) in [6.07, 6.45) is 1.16. The van der Waals surface area contributed by atoms with Crippen LogP contribution in [0, 0.1) is 5.41 Å². The van der Waals surface area contributed by atoms with Crippen LogP contribution in [0.1, 0.15) is 164 Å². The van der Waals surface area contributed by atoms with E-state index in [4.69, 9.17) is 4.74 Å². The van der Waals surface area contributed by atoms with Crippen molar-refractivity contribution in [3.63, 3.8) is 0 Å². The van der Waals surface area contributed by atoms with E-state index in [1.807, 2.05) is 24.3 Å². The van der Waals surface area contributed by atoms with Gasteiger partial charge in [-0.3, -0.25) is 14.5 Å². The average Bonchev–Trinajstić information content (AvgIpc) is 2.89. The number of aromatic hydroxyl groups is 2. The lowest BCUT2D eigenvalue weighted by Gasteiger charge is -2.53. The summed E-state index contributed by atoms with van der Waals surface area (Å²) in [6.45, 7) is 34.9. The van der Waals surface area contributed by atoms with Crippen molar-refractivity contribution in [1.82, 2.24) is 4.90 Å². The van der Waals surface area contributed by atoms with E-state index in [-0.39, 0.29) is 69.0 Å². The number of ether oxygens (including phenoxy) is 1. The second-order valence-corrected chi connectivity index (χ2v) is 20.7. The monoisotopic (exact) mass is 692 g/mol. The molecule has 6 heteroatoms. The Kier molecular flexibility index (Phi) is 11.0. The van der Waals surface area contributed by atoms with E-state index in [1.165, 1.54) is 6.92 Å². The van der Waals surface area contributed by atoms with Crippen molar-refractivity contribution in [3.8, 4) is 11.5 Å². The van der Waals surface area contributed by atoms with Crippen molar-refractivity contribution in [1.29, 1.82) is 0 Å². The van der Waals surface area contributed by atoms with Gasteiger partial charge in [0.25, 0.3) is 0 Å². The van der Waals surface area contributed by atoms with Crippen molar-refractivity contribution in [2.24, 2.45) is 5.41 Å². The Labute approximate surface area is 304 Å².